The van der Waals surface area contributed by atoms with Crippen LogP contribution < -0.4 is 0 Å². The molecule has 2 aromatic heterocycles. The Morgan fingerprint density at radius 1 is 1.20 bits per heavy atom. The van der Waals surface area contributed by atoms with Crippen molar-refractivity contribution in [3.63, 3.8) is 0 Å². The maximum atomic E-state index is 12.9. The van der Waals surface area contributed by atoms with Crippen LogP contribution in [0.15, 0.2) is 52.2 Å². The molecule has 0 aliphatic carbocycles. The highest BCUT2D eigenvalue weighted by molar-refractivity contribution is 7.90. The van der Waals surface area contributed by atoms with Crippen LogP contribution in [0.1, 0.15) is 22.6 Å². The first-order valence-electron chi connectivity index (χ1n) is 9.13. The third-order valence-corrected chi connectivity index (χ3v) is 5.70. The highest BCUT2D eigenvalue weighted by Crippen LogP contribution is 2.33. The Labute approximate surface area is 171 Å². The second-order valence-corrected chi connectivity index (χ2v) is 9.11. The summed E-state index contributed by atoms with van der Waals surface area (Å²) in [5.41, 5.74) is 1.20. The summed E-state index contributed by atoms with van der Waals surface area (Å²) < 4.78 is 67.8. The summed E-state index contributed by atoms with van der Waals surface area (Å²) in [4.78, 5) is 10.2. The van der Waals surface area contributed by atoms with Crippen molar-refractivity contribution in [2.75, 3.05) is 12.8 Å². The number of furan rings is 1. The summed E-state index contributed by atoms with van der Waals surface area (Å²) >= 11 is 0. The van der Waals surface area contributed by atoms with Gasteiger partial charge in [0.2, 0.25) is 15.0 Å². The van der Waals surface area contributed by atoms with Gasteiger partial charge in [-0.3, -0.25) is 4.90 Å². The summed E-state index contributed by atoms with van der Waals surface area (Å²) in [6.45, 7) is 1.64. The Morgan fingerprint density at radius 3 is 2.73 bits per heavy atom. The van der Waals surface area contributed by atoms with Crippen molar-refractivity contribution >= 4 is 9.84 Å². The minimum absolute atomic E-state index is 0.175. The predicted octanol–water partition coefficient (Wildman–Crippen LogP) is 3.72. The average molecular weight is 437 g/mol. The quantitative estimate of drug-likeness (QED) is 0.579. The lowest BCUT2D eigenvalue weighted by Gasteiger charge is -2.27. The molecule has 0 unspecified atom stereocenters. The fraction of sp³-hybridized carbons (Fsp3) is 0.300. The number of benzene rings is 1. The van der Waals surface area contributed by atoms with E-state index >= 15 is 0 Å². The zero-order valence-corrected chi connectivity index (χ0v) is 16.8. The fourth-order valence-corrected chi connectivity index (χ4v) is 3.88. The number of nitrogens with zero attached hydrogens (tertiary/aromatic N) is 3. The lowest BCUT2D eigenvalue weighted by Crippen LogP contribution is -2.31. The maximum absolute atomic E-state index is 12.9. The molecule has 30 heavy (non-hydrogen) atoms. The van der Waals surface area contributed by atoms with E-state index in [-0.39, 0.29) is 5.16 Å². The van der Waals surface area contributed by atoms with Crippen molar-refractivity contribution < 1.29 is 26.0 Å². The number of sulfone groups is 1. The van der Waals surface area contributed by atoms with Gasteiger partial charge in [-0.15, -0.1) is 0 Å². The van der Waals surface area contributed by atoms with Gasteiger partial charge in [-0.1, -0.05) is 12.1 Å². The molecule has 10 heteroatoms. The van der Waals surface area contributed by atoms with E-state index in [0.717, 1.165) is 24.0 Å². The Hall–Kier alpha value is -2.72. The van der Waals surface area contributed by atoms with Crippen molar-refractivity contribution in [2.24, 2.45) is 0 Å². The molecule has 0 spiro atoms. The molecule has 3 heterocycles. The minimum Gasteiger partial charge on any atom is -0.460 e. The van der Waals surface area contributed by atoms with Crippen LogP contribution in [-0.4, -0.2) is 36.1 Å². The third kappa shape index (κ3) is 4.39. The van der Waals surface area contributed by atoms with Gasteiger partial charge in [-0.2, -0.15) is 13.2 Å². The molecule has 1 aliphatic rings. The van der Waals surface area contributed by atoms with Crippen LogP contribution in [0, 0.1) is 0 Å². The average Bonchev–Trinajstić information content (AvgIpc) is 3.15. The van der Waals surface area contributed by atoms with Crippen molar-refractivity contribution in [3.8, 4) is 11.3 Å². The monoisotopic (exact) mass is 437 g/mol. The van der Waals surface area contributed by atoms with Gasteiger partial charge in [0.05, 0.1) is 17.8 Å². The number of aromatic nitrogens is 2. The van der Waals surface area contributed by atoms with E-state index in [1.807, 2.05) is 0 Å². The van der Waals surface area contributed by atoms with E-state index < -0.39 is 21.6 Å². The standard InChI is InChI=1S/C20H18F3N3O3S/c1-30(27,28)19-24-10-14-11-26(8-7-17(14)25-19)12-16-5-6-18(29-16)13-3-2-4-15(9-13)20(21,22)23/h2-6,9-10H,7-8,11-12H2,1H3. The molecule has 0 radical (unpaired) electrons. The minimum atomic E-state index is -4.41. The van der Waals surface area contributed by atoms with Gasteiger partial charge in [0, 0.05) is 43.1 Å². The van der Waals surface area contributed by atoms with E-state index in [4.69, 9.17) is 4.42 Å². The molecule has 0 saturated heterocycles. The molecule has 0 atom stereocenters. The molecule has 1 aromatic carbocycles. The summed E-state index contributed by atoms with van der Waals surface area (Å²) in [7, 11) is -3.46. The van der Waals surface area contributed by atoms with Crippen LogP contribution in [0.2, 0.25) is 0 Å². The molecular formula is C20H18F3N3O3S. The topological polar surface area (TPSA) is 76.3 Å². The van der Waals surface area contributed by atoms with Crippen LogP contribution in [-0.2, 0) is 35.5 Å². The summed E-state index contributed by atoms with van der Waals surface area (Å²) in [6.07, 6.45) is -1.24. The molecular weight excluding hydrogens is 419 g/mol. The second-order valence-electron chi connectivity index (χ2n) is 7.20. The SMILES string of the molecule is CS(=O)(=O)c1ncc2c(n1)CCN(Cc1ccc(-c3cccc(C(F)(F)F)c3)o1)C2. The van der Waals surface area contributed by atoms with Gasteiger partial charge in [0.1, 0.15) is 11.5 Å². The van der Waals surface area contributed by atoms with Crippen molar-refractivity contribution in [1.29, 1.82) is 0 Å². The van der Waals surface area contributed by atoms with Gasteiger partial charge in [-0.25, -0.2) is 18.4 Å². The van der Waals surface area contributed by atoms with E-state index in [9.17, 15) is 21.6 Å². The number of fused-ring (bicyclic) bond motifs is 1. The zero-order valence-electron chi connectivity index (χ0n) is 16.0. The van der Waals surface area contributed by atoms with Crippen LogP contribution >= 0.6 is 0 Å². The largest absolute Gasteiger partial charge is 0.460 e. The van der Waals surface area contributed by atoms with E-state index in [1.54, 1.807) is 18.2 Å². The van der Waals surface area contributed by atoms with Crippen LogP contribution in [0.3, 0.4) is 0 Å². The first kappa shape index (κ1) is 20.5. The Kier molecular flexibility index (Phi) is 5.15. The van der Waals surface area contributed by atoms with Crippen molar-refractivity contribution in [2.45, 2.75) is 30.8 Å². The van der Waals surface area contributed by atoms with Crippen LogP contribution in [0.4, 0.5) is 13.2 Å². The number of hydrogen-bond acceptors (Lipinski definition) is 6. The molecule has 0 bridgehead atoms. The third-order valence-electron chi connectivity index (χ3n) is 4.84. The molecule has 0 amide bonds. The number of rotatable bonds is 4. The van der Waals surface area contributed by atoms with E-state index in [0.29, 0.717) is 48.8 Å². The maximum Gasteiger partial charge on any atom is 0.416 e. The predicted molar refractivity (Wildman–Crippen MR) is 102 cm³/mol. The number of alkyl halides is 3. The molecule has 4 rings (SSSR count). The summed E-state index contributed by atoms with van der Waals surface area (Å²) in [5, 5.41) is -0.175. The molecule has 0 fully saturated rings. The lowest BCUT2D eigenvalue weighted by atomic mass is 10.1. The molecule has 6 nitrogen and oxygen atoms in total. The highest BCUT2D eigenvalue weighted by Gasteiger charge is 2.30. The molecule has 158 valence electrons. The van der Waals surface area contributed by atoms with Gasteiger partial charge < -0.3 is 4.42 Å². The van der Waals surface area contributed by atoms with Gasteiger partial charge in [0.15, 0.2) is 0 Å². The first-order valence-corrected chi connectivity index (χ1v) is 11.0. The van der Waals surface area contributed by atoms with E-state index in [1.165, 1.54) is 12.3 Å². The first-order chi connectivity index (χ1) is 14.1. The highest BCUT2D eigenvalue weighted by atomic mass is 32.2. The summed E-state index contributed by atoms with van der Waals surface area (Å²) in [6, 6.07) is 8.42. The fourth-order valence-electron chi connectivity index (χ4n) is 3.36. The van der Waals surface area contributed by atoms with Gasteiger partial charge in [0.25, 0.3) is 0 Å². The van der Waals surface area contributed by atoms with Crippen LogP contribution in [0.5, 0.6) is 0 Å². The number of halogens is 3. The molecule has 0 saturated carbocycles. The van der Waals surface area contributed by atoms with Crippen molar-refractivity contribution in [1.82, 2.24) is 14.9 Å². The Bertz CT molecular complexity index is 1190. The molecule has 3 aromatic rings. The normalized spacial score (nSPS) is 15.2. The van der Waals surface area contributed by atoms with Crippen molar-refractivity contribution in [3.05, 3.63) is 65.2 Å². The Balaban J connectivity index is 1.48. The molecule has 0 N–H and O–H groups in total. The van der Waals surface area contributed by atoms with Gasteiger partial charge >= 0.3 is 6.18 Å². The summed E-state index contributed by atoms with van der Waals surface area (Å²) in [5.74, 6) is 0.995. The number of hydrogen-bond donors (Lipinski definition) is 0. The second kappa shape index (κ2) is 7.51. The molecule has 1 aliphatic heterocycles. The van der Waals surface area contributed by atoms with Gasteiger partial charge in [-0.05, 0) is 24.3 Å². The Morgan fingerprint density at radius 2 is 2.00 bits per heavy atom. The smallest absolute Gasteiger partial charge is 0.416 e. The lowest BCUT2D eigenvalue weighted by molar-refractivity contribution is -0.137. The van der Waals surface area contributed by atoms with Crippen LogP contribution in [0.25, 0.3) is 11.3 Å². The zero-order chi connectivity index (χ0) is 21.5. The van der Waals surface area contributed by atoms with E-state index in [2.05, 4.69) is 14.9 Å².